The maximum atomic E-state index is 11.8. The van der Waals surface area contributed by atoms with Crippen LogP contribution in [0.2, 0.25) is 0 Å². The van der Waals surface area contributed by atoms with Gasteiger partial charge in [-0.25, -0.2) is 0 Å². The molecule has 0 radical (unpaired) electrons. The zero-order chi connectivity index (χ0) is 15.1. The number of hydrogen-bond donors (Lipinski definition) is 1. The number of nitro groups is 1. The molecule has 0 aromatic heterocycles. The highest BCUT2D eigenvalue weighted by molar-refractivity contribution is 9.10. The number of hydrogen-bond acceptors (Lipinski definition) is 4. The van der Waals surface area contributed by atoms with E-state index in [-0.39, 0.29) is 24.7 Å². The second kappa shape index (κ2) is 7.96. The highest BCUT2D eigenvalue weighted by Crippen LogP contribution is 2.22. The van der Waals surface area contributed by atoms with Crippen LogP contribution in [-0.4, -0.2) is 35.4 Å². The Hall–Kier alpha value is -1.47. The normalized spacial score (nSPS) is 10.3. The second-order valence-corrected chi connectivity index (χ2v) is 5.12. The van der Waals surface area contributed by atoms with Gasteiger partial charge in [-0.1, -0.05) is 15.9 Å². The lowest BCUT2D eigenvalue weighted by molar-refractivity contribution is -0.385. The molecule has 0 aliphatic rings. The predicted octanol–water partition coefficient (Wildman–Crippen LogP) is 2.32. The lowest BCUT2D eigenvalue weighted by Crippen LogP contribution is -2.37. The molecule has 0 fully saturated rings. The average Bonchev–Trinajstić information content (AvgIpc) is 2.39. The van der Waals surface area contributed by atoms with Crippen molar-refractivity contribution >= 4 is 27.5 Å². The summed E-state index contributed by atoms with van der Waals surface area (Å²) in [6.07, 6.45) is 0. The Labute approximate surface area is 126 Å². The number of nitro benzene ring substituents is 1. The van der Waals surface area contributed by atoms with Crippen LogP contribution >= 0.6 is 15.9 Å². The van der Waals surface area contributed by atoms with E-state index in [2.05, 4.69) is 21.2 Å². The molecule has 0 aliphatic carbocycles. The minimum Gasteiger partial charge on any atom is -0.342 e. The minimum absolute atomic E-state index is 0.00681. The fourth-order valence-corrected chi connectivity index (χ4v) is 2.27. The van der Waals surface area contributed by atoms with Crippen molar-refractivity contribution in [1.29, 1.82) is 0 Å². The second-order valence-electron chi connectivity index (χ2n) is 4.20. The molecule has 7 heteroatoms. The molecule has 0 bridgehead atoms. The molecule has 0 saturated carbocycles. The first-order chi connectivity index (χ1) is 9.49. The van der Waals surface area contributed by atoms with Crippen LogP contribution in [0.3, 0.4) is 0 Å². The van der Waals surface area contributed by atoms with E-state index in [0.717, 1.165) is 4.47 Å². The van der Waals surface area contributed by atoms with E-state index in [0.29, 0.717) is 18.7 Å². The van der Waals surface area contributed by atoms with E-state index in [4.69, 9.17) is 0 Å². The number of nitrogens with zero attached hydrogens (tertiary/aromatic N) is 2. The fraction of sp³-hybridized carbons (Fsp3) is 0.462. The average molecular weight is 344 g/mol. The van der Waals surface area contributed by atoms with E-state index in [9.17, 15) is 14.9 Å². The molecular formula is C13H18BrN3O3. The number of carbonyl (C=O) groups excluding carboxylic acids is 1. The molecule has 0 aliphatic heterocycles. The molecule has 1 aromatic rings. The van der Waals surface area contributed by atoms with Crippen LogP contribution in [0.1, 0.15) is 19.4 Å². The summed E-state index contributed by atoms with van der Waals surface area (Å²) >= 11 is 3.29. The molecule has 0 unspecified atom stereocenters. The van der Waals surface area contributed by atoms with Gasteiger partial charge in [0.25, 0.3) is 5.69 Å². The summed E-state index contributed by atoms with van der Waals surface area (Å²) in [4.78, 5) is 24.0. The summed E-state index contributed by atoms with van der Waals surface area (Å²) in [6.45, 7) is 5.61. The van der Waals surface area contributed by atoms with Crippen LogP contribution in [0.4, 0.5) is 5.69 Å². The summed E-state index contributed by atoms with van der Waals surface area (Å²) < 4.78 is 0.773. The highest BCUT2D eigenvalue weighted by Gasteiger charge is 2.14. The van der Waals surface area contributed by atoms with Crippen molar-refractivity contribution < 1.29 is 9.72 Å². The number of halogens is 1. The summed E-state index contributed by atoms with van der Waals surface area (Å²) in [5, 5.41) is 13.9. The van der Waals surface area contributed by atoms with Gasteiger partial charge in [0.1, 0.15) is 0 Å². The molecule has 1 amide bonds. The molecule has 1 rings (SSSR count). The van der Waals surface area contributed by atoms with Gasteiger partial charge in [-0.15, -0.1) is 0 Å². The van der Waals surface area contributed by atoms with Gasteiger partial charge >= 0.3 is 0 Å². The van der Waals surface area contributed by atoms with Gasteiger partial charge in [0, 0.05) is 35.7 Å². The monoisotopic (exact) mass is 343 g/mol. The first-order valence-electron chi connectivity index (χ1n) is 6.40. The lowest BCUT2D eigenvalue weighted by atomic mass is 10.2. The van der Waals surface area contributed by atoms with Crippen LogP contribution in [-0.2, 0) is 11.3 Å². The van der Waals surface area contributed by atoms with Crippen LogP contribution in [0, 0.1) is 10.1 Å². The van der Waals surface area contributed by atoms with Crippen LogP contribution in [0.25, 0.3) is 0 Å². The standard InChI is InChI=1S/C13H18BrN3O3/c1-3-16(4-2)13(18)9-15-8-10-7-11(14)5-6-12(10)17(19)20/h5-7,15H,3-4,8-9H2,1-2H3. The number of carbonyl (C=O) groups is 1. The maximum absolute atomic E-state index is 11.8. The Bertz CT molecular complexity index is 490. The molecule has 1 aromatic carbocycles. The van der Waals surface area contributed by atoms with E-state index < -0.39 is 4.92 Å². The summed E-state index contributed by atoms with van der Waals surface area (Å²) in [5.41, 5.74) is 0.604. The molecule has 0 spiro atoms. The van der Waals surface area contributed by atoms with E-state index in [1.165, 1.54) is 6.07 Å². The van der Waals surface area contributed by atoms with Crippen molar-refractivity contribution in [3.05, 3.63) is 38.3 Å². The fourth-order valence-electron chi connectivity index (χ4n) is 1.87. The van der Waals surface area contributed by atoms with Gasteiger partial charge in [0.15, 0.2) is 0 Å². The first-order valence-corrected chi connectivity index (χ1v) is 7.20. The molecule has 6 nitrogen and oxygen atoms in total. The Morgan fingerprint density at radius 1 is 1.40 bits per heavy atom. The molecule has 0 atom stereocenters. The van der Waals surface area contributed by atoms with Crippen molar-refractivity contribution in [1.82, 2.24) is 10.2 Å². The number of benzene rings is 1. The lowest BCUT2D eigenvalue weighted by Gasteiger charge is -2.18. The number of nitrogens with one attached hydrogen (secondary N) is 1. The molecular weight excluding hydrogens is 326 g/mol. The smallest absolute Gasteiger partial charge is 0.273 e. The van der Waals surface area contributed by atoms with E-state index >= 15 is 0 Å². The first kappa shape index (κ1) is 16.6. The van der Waals surface area contributed by atoms with Gasteiger partial charge in [-0.3, -0.25) is 14.9 Å². The number of rotatable bonds is 7. The predicted molar refractivity (Wildman–Crippen MR) is 80.4 cm³/mol. The van der Waals surface area contributed by atoms with Crippen molar-refractivity contribution in [2.75, 3.05) is 19.6 Å². The summed E-state index contributed by atoms with van der Waals surface area (Å²) in [7, 11) is 0. The van der Waals surface area contributed by atoms with Crippen molar-refractivity contribution in [2.45, 2.75) is 20.4 Å². The molecule has 20 heavy (non-hydrogen) atoms. The third-order valence-corrected chi connectivity index (χ3v) is 3.44. The Balaban J connectivity index is 2.64. The van der Waals surface area contributed by atoms with Crippen molar-refractivity contribution in [2.24, 2.45) is 0 Å². The summed E-state index contributed by atoms with van der Waals surface area (Å²) in [6, 6.07) is 4.77. The van der Waals surface area contributed by atoms with Gasteiger partial charge < -0.3 is 10.2 Å². The molecule has 0 saturated heterocycles. The van der Waals surface area contributed by atoms with Crippen molar-refractivity contribution in [3.8, 4) is 0 Å². The van der Waals surface area contributed by atoms with Gasteiger partial charge in [-0.2, -0.15) is 0 Å². The SMILES string of the molecule is CCN(CC)C(=O)CNCc1cc(Br)ccc1[N+](=O)[O-]. The third kappa shape index (κ3) is 4.57. The summed E-state index contributed by atoms with van der Waals surface area (Å²) in [5.74, 6) is -0.00681. The van der Waals surface area contributed by atoms with Gasteiger partial charge in [0.2, 0.25) is 5.91 Å². The highest BCUT2D eigenvalue weighted by atomic mass is 79.9. The van der Waals surface area contributed by atoms with Crippen LogP contribution in [0.5, 0.6) is 0 Å². The molecule has 110 valence electrons. The Morgan fingerprint density at radius 3 is 2.60 bits per heavy atom. The van der Waals surface area contributed by atoms with Crippen LogP contribution < -0.4 is 5.32 Å². The number of likely N-dealkylation sites (N-methyl/N-ethyl adjacent to an activating group) is 1. The van der Waals surface area contributed by atoms with Gasteiger partial charge in [-0.05, 0) is 26.0 Å². The maximum Gasteiger partial charge on any atom is 0.273 e. The molecule has 0 heterocycles. The Kier molecular flexibility index (Phi) is 6.60. The zero-order valence-electron chi connectivity index (χ0n) is 11.6. The van der Waals surface area contributed by atoms with Gasteiger partial charge in [0.05, 0.1) is 11.5 Å². The van der Waals surface area contributed by atoms with E-state index in [1.807, 2.05) is 13.8 Å². The minimum atomic E-state index is -0.421. The van der Waals surface area contributed by atoms with E-state index in [1.54, 1.807) is 17.0 Å². The van der Waals surface area contributed by atoms with Crippen molar-refractivity contribution in [3.63, 3.8) is 0 Å². The number of amides is 1. The zero-order valence-corrected chi connectivity index (χ0v) is 13.1. The largest absolute Gasteiger partial charge is 0.342 e. The van der Waals surface area contributed by atoms with Crippen LogP contribution in [0.15, 0.2) is 22.7 Å². The molecule has 1 N–H and O–H groups in total. The Morgan fingerprint density at radius 2 is 2.05 bits per heavy atom. The topological polar surface area (TPSA) is 75.5 Å². The quantitative estimate of drug-likeness (QED) is 0.608. The third-order valence-electron chi connectivity index (χ3n) is 2.95.